The fourth-order valence-corrected chi connectivity index (χ4v) is 3.98. The molecule has 0 saturated heterocycles. The van der Waals surface area contributed by atoms with Crippen molar-refractivity contribution in [3.63, 3.8) is 0 Å². The van der Waals surface area contributed by atoms with Crippen LogP contribution in [0.3, 0.4) is 0 Å². The summed E-state index contributed by atoms with van der Waals surface area (Å²) in [5.41, 5.74) is -0.0149. The Bertz CT molecular complexity index is 672. The Morgan fingerprint density at radius 1 is 1.29 bits per heavy atom. The summed E-state index contributed by atoms with van der Waals surface area (Å²) >= 11 is 0. The first-order chi connectivity index (χ1) is 11.1. The van der Waals surface area contributed by atoms with E-state index in [1.54, 1.807) is 32.9 Å². The second kappa shape index (κ2) is 7.11. The highest BCUT2D eigenvalue weighted by Crippen LogP contribution is 2.32. The maximum Gasteiger partial charge on any atom is 0.408 e. The highest BCUT2D eigenvalue weighted by molar-refractivity contribution is 7.91. The first-order valence-electron chi connectivity index (χ1n) is 8.04. The summed E-state index contributed by atoms with van der Waals surface area (Å²) in [6.07, 6.45) is 1.32. The van der Waals surface area contributed by atoms with Crippen LogP contribution in [0.15, 0.2) is 29.2 Å². The van der Waals surface area contributed by atoms with E-state index >= 15 is 0 Å². The molecular formula is C17H25NO5S. The Kier molecular flexibility index (Phi) is 5.55. The predicted octanol–water partition coefficient (Wildman–Crippen LogP) is 2.43. The molecule has 2 rings (SSSR count). The molecule has 6 nitrogen and oxygen atoms in total. The van der Waals surface area contributed by atoms with Crippen molar-refractivity contribution in [3.05, 3.63) is 29.8 Å². The van der Waals surface area contributed by atoms with Gasteiger partial charge in [0.25, 0.3) is 0 Å². The third-order valence-corrected chi connectivity index (χ3v) is 5.57. The summed E-state index contributed by atoms with van der Waals surface area (Å²) in [5, 5.41) is 12.1. The van der Waals surface area contributed by atoms with Crippen LogP contribution in [0.5, 0.6) is 0 Å². The number of hydrogen-bond donors (Lipinski definition) is 2. The average Bonchev–Trinajstić information content (AvgIpc) is 3.26. The van der Waals surface area contributed by atoms with E-state index in [1.165, 1.54) is 12.1 Å². The molecule has 1 fully saturated rings. The maximum absolute atomic E-state index is 12.2. The maximum atomic E-state index is 12.2. The molecule has 0 radical (unpaired) electrons. The molecule has 1 aromatic rings. The van der Waals surface area contributed by atoms with Crippen molar-refractivity contribution < 1.29 is 23.1 Å². The van der Waals surface area contributed by atoms with Crippen LogP contribution in [0.4, 0.5) is 4.79 Å². The van der Waals surface area contributed by atoms with Gasteiger partial charge in [-0.1, -0.05) is 12.1 Å². The van der Waals surface area contributed by atoms with Crippen LogP contribution in [0.25, 0.3) is 0 Å². The summed E-state index contributed by atoms with van der Waals surface area (Å²) in [6, 6.07) is 5.61. The summed E-state index contributed by atoms with van der Waals surface area (Å²) in [6.45, 7) is 4.94. The zero-order chi connectivity index (χ0) is 18.0. The third-order valence-electron chi connectivity index (χ3n) is 3.67. The van der Waals surface area contributed by atoms with E-state index in [0.717, 1.165) is 12.8 Å². The van der Waals surface area contributed by atoms with Crippen LogP contribution in [0.1, 0.15) is 45.2 Å². The van der Waals surface area contributed by atoms with Crippen molar-refractivity contribution in [2.24, 2.45) is 5.92 Å². The Morgan fingerprint density at radius 3 is 2.33 bits per heavy atom. The minimum absolute atomic E-state index is 0.186. The van der Waals surface area contributed by atoms with E-state index in [0.29, 0.717) is 5.56 Å². The van der Waals surface area contributed by atoms with Crippen LogP contribution in [0.2, 0.25) is 0 Å². The molecular weight excluding hydrogens is 330 g/mol. The first kappa shape index (κ1) is 18.7. The summed E-state index contributed by atoms with van der Waals surface area (Å²) in [4.78, 5) is 12.1. The molecule has 1 aliphatic rings. The molecule has 2 N–H and O–H groups in total. The molecule has 1 amide bonds. The lowest BCUT2D eigenvalue weighted by molar-refractivity contribution is 0.0482. The normalized spacial score (nSPS) is 16.5. The quantitative estimate of drug-likeness (QED) is 0.817. The summed E-state index contributed by atoms with van der Waals surface area (Å²) < 4.78 is 29.6. The molecule has 1 aliphatic carbocycles. The van der Waals surface area contributed by atoms with Gasteiger partial charge in [0.1, 0.15) is 5.60 Å². The van der Waals surface area contributed by atoms with Crippen LogP contribution >= 0.6 is 0 Å². The number of carbonyl (C=O) groups excluding carboxylic acids is 1. The van der Waals surface area contributed by atoms with Gasteiger partial charge < -0.3 is 15.2 Å². The molecule has 1 aromatic carbocycles. The molecule has 1 saturated carbocycles. The largest absolute Gasteiger partial charge is 0.444 e. The van der Waals surface area contributed by atoms with Gasteiger partial charge in [-0.2, -0.15) is 0 Å². The second-order valence-electron chi connectivity index (χ2n) is 7.18. The van der Waals surface area contributed by atoms with Gasteiger partial charge in [-0.3, -0.25) is 0 Å². The Morgan fingerprint density at radius 2 is 1.88 bits per heavy atom. The first-order valence-corrected chi connectivity index (χ1v) is 9.69. The molecule has 24 heavy (non-hydrogen) atoms. The molecule has 1 atom stereocenters. The van der Waals surface area contributed by atoms with Gasteiger partial charge in [-0.05, 0) is 57.2 Å². The fourth-order valence-electron chi connectivity index (χ4n) is 2.28. The number of rotatable bonds is 6. The van der Waals surface area contributed by atoms with Crippen molar-refractivity contribution in [1.82, 2.24) is 5.32 Å². The van der Waals surface area contributed by atoms with Gasteiger partial charge in [-0.25, -0.2) is 13.2 Å². The fraction of sp³-hybridized carbons (Fsp3) is 0.588. The van der Waals surface area contributed by atoms with Crippen LogP contribution in [-0.2, 0) is 14.6 Å². The number of hydrogen-bond acceptors (Lipinski definition) is 5. The second-order valence-corrected chi connectivity index (χ2v) is 9.21. The van der Waals surface area contributed by atoms with E-state index in [1.807, 2.05) is 0 Å². The van der Waals surface area contributed by atoms with E-state index in [9.17, 15) is 18.3 Å². The van der Waals surface area contributed by atoms with Gasteiger partial charge in [0.15, 0.2) is 9.84 Å². The van der Waals surface area contributed by atoms with Crippen molar-refractivity contribution >= 4 is 15.9 Å². The number of nitrogens with one attached hydrogen (secondary N) is 1. The molecule has 134 valence electrons. The zero-order valence-electron chi connectivity index (χ0n) is 14.3. The number of ether oxygens (including phenoxy) is 1. The number of benzene rings is 1. The zero-order valence-corrected chi connectivity index (χ0v) is 15.1. The number of sulfone groups is 1. The minimum Gasteiger partial charge on any atom is -0.444 e. The topological polar surface area (TPSA) is 92.7 Å². The lowest BCUT2D eigenvalue weighted by Gasteiger charge is -2.23. The van der Waals surface area contributed by atoms with E-state index < -0.39 is 27.6 Å². The molecule has 0 heterocycles. The molecule has 0 bridgehead atoms. The predicted molar refractivity (Wildman–Crippen MR) is 90.4 cm³/mol. The van der Waals surface area contributed by atoms with E-state index in [2.05, 4.69) is 5.32 Å². The van der Waals surface area contributed by atoms with Crippen molar-refractivity contribution in [2.45, 2.75) is 50.2 Å². The number of aliphatic hydroxyl groups excluding tert-OH is 1. The number of aliphatic hydroxyl groups is 1. The van der Waals surface area contributed by atoms with Gasteiger partial charge >= 0.3 is 6.09 Å². The molecule has 0 spiro atoms. The Labute approximate surface area is 143 Å². The van der Waals surface area contributed by atoms with Crippen LogP contribution < -0.4 is 5.32 Å². The minimum atomic E-state index is -3.27. The van der Waals surface area contributed by atoms with Gasteiger partial charge in [-0.15, -0.1) is 0 Å². The van der Waals surface area contributed by atoms with Crippen molar-refractivity contribution in [2.75, 3.05) is 12.4 Å². The van der Waals surface area contributed by atoms with Gasteiger partial charge in [0.2, 0.25) is 0 Å². The van der Waals surface area contributed by atoms with E-state index in [-0.39, 0.29) is 23.2 Å². The standard InChI is InChI=1S/C17H25NO5S/c1-17(2,3)23-16(20)18-15(10-19)13-6-8-14(9-7-13)24(21,22)11-12-4-5-12/h6-9,12,15,19H,4-5,10-11H2,1-3H3,(H,18,20)/t15-/m0/s1. The van der Waals surface area contributed by atoms with Gasteiger partial charge in [0.05, 0.1) is 23.3 Å². The highest BCUT2D eigenvalue weighted by Gasteiger charge is 2.29. The molecule has 0 unspecified atom stereocenters. The number of carbonyl (C=O) groups is 1. The lowest BCUT2D eigenvalue weighted by atomic mass is 10.1. The molecule has 0 aromatic heterocycles. The highest BCUT2D eigenvalue weighted by atomic mass is 32.2. The average molecular weight is 355 g/mol. The smallest absolute Gasteiger partial charge is 0.408 e. The lowest BCUT2D eigenvalue weighted by Crippen LogP contribution is -2.36. The van der Waals surface area contributed by atoms with Crippen molar-refractivity contribution in [1.29, 1.82) is 0 Å². The number of amides is 1. The number of alkyl carbamates (subject to hydrolysis) is 1. The van der Waals surface area contributed by atoms with Crippen molar-refractivity contribution in [3.8, 4) is 0 Å². The molecule has 0 aliphatic heterocycles. The van der Waals surface area contributed by atoms with Crippen LogP contribution in [0, 0.1) is 5.92 Å². The monoisotopic (exact) mass is 355 g/mol. The summed E-state index contributed by atoms with van der Waals surface area (Å²) in [7, 11) is -3.27. The van der Waals surface area contributed by atoms with E-state index in [4.69, 9.17) is 4.74 Å². The van der Waals surface area contributed by atoms with Gasteiger partial charge in [0, 0.05) is 0 Å². The summed E-state index contributed by atoms with van der Waals surface area (Å²) in [5.74, 6) is 0.472. The van der Waals surface area contributed by atoms with Crippen LogP contribution in [-0.4, -0.2) is 37.6 Å². The SMILES string of the molecule is CC(C)(C)OC(=O)N[C@@H](CO)c1ccc(S(=O)(=O)CC2CC2)cc1. The third kappa shape index (κ3) is 5.49. The Balaban J connectivity index is 2.05. The Hall–Kier alpha value is -1.60. The molecule has 7 heteroatoms.